The van der Waals surface area contributed by atoms with Gasteiger partial charge in [-0.1, -0.05) is 45.1 Å². The molecule has 3 nitrogen and oxygen atoms in total. The fourth-order valence-electron chi connectivity index (χ4n) is 1.93. The third-order valence-electron chi connectivity index (χ3n) is 2.94. The minimum absolute atomic E-state index is 0.911. The Morgan fingerprint density at radius 1 is 0.889 bits per heavy atom. The highest BCUT2D eigenvalue weighted by molar-refractivity contribution is 5.44. The standard InChI is InChI=1S/C15H27N3/c1-3-5-6-7-8-9-13-17-15-12-10-11-14(18-15)16-4-2/h10-12H,3-9,13H2,1-2H3,(H2,16,17,18). The minimum Gasteiger partial charge on any atom is -0.370 e. The number of pyridine rings is 1. The number of unbranched alkanes of at least 4 members (excludes halogenated alkanes) is 5. The van der Waals surface area contributed by atoms with Gasteiger partial charge in [0.1, 0.15) is 11.6 Å². The van der Waals surface area contributed by atoms with E-state index in [9.17, 15) is 0 Å². The van der Waals surface area contributed by atoms with E-state index in [1.54, 1.807) is 0 Å². The van der Waals surface area contributed by atoms with Crippen molar-refractivity contribution in [2.24, 2.45) is 0 Å². The van der Waals surface area contributed by atoms with Crippen LogP contribution < -0.4 is 10.6 Å². The Bertz CT molecular complexity index is 312. The third kappa shape index (κ3) is 6.48. The average molecular weight is 249 g/mol. The largest absolute Gasteiger partial charge is 0.370 e. The molecule has 0 amide bonds. The van der Waals surface area contributed by atoms with Crippen LogP contribution in [-0.4, -0.2) is 18.1 Å². The number of nitrogens with zero attached hydrogens (tertiary/aromatic N) is 1. The minimum atomic E-state index is 0.911. The van der Waals surface area contributed by atoms with Crippen molar-refractivity contribution in [2.45, 2.75) is 52.4 Å². The Balaban J connectivity index is 2.13. The van der Waals surface area contributed by atoms with Crippen LogP contribution in [-0.2, 0) is 0 Å². The van der Waals surface area contributed by atoms with Crippen LogP contribution in [0, 0.1) is 0 Å². The van der Waals surface area contributed by atoms with Gasteiger partial charge in [0.2, 0.25) is 0 Å². The van der Waals surface area contributed by atoms with Crippen molar-refractivity contribution in [2.75, 3.05) is 23.7 Å². The van der Waals surface area contributed by atoms with Crippen LogP contribution in [0.15, 0.2) is 18.2 Å². The summed E-state index contributed by atoms with van der Waals surface area (Å²) in [6, 6.07) is 6.06. The maximum absolute atomic E-state index is 4.49. The summed E-state index contributed by atoms with van der Waals surface area (Å²) < 4.78 is 0. The van der Waals surface area contributed by atoms with Crippen molar-refractivity contribution in [3.63, 3.8) is 0 Å². The number of anilines is 2. The van der Waals surface area contributed by atoms with Gasteiger partial charge in [0.15, 0.2) is 0 Å². The van der Waals surface area contributed by atoms with E-state index in [1.165, 1.54) is 38.5 Å². The van der Waals surface area contributed by atoms with Crippen molar-refractivity contribution in [3.05, 3.63) is 18.2 Å². The second-order valence-electron chi connectivity index (χ2n) is 4.63. The average Bonchev–Trinajstić information content (AvgIpc) is 2.39. The topological polar surface area (TPSA) is 37.0 Å². The molecule has 0 aliphatic carbocycles. The van der Waals surface area contributed by atoms with Crippen LogP contribution in [0.25, 0.3) is 0 Å². The smallest absolute Gasteiger partial charge is 0.128 e. The number of hydrogen-bond donors (Lipinski definition) is 2. The first-order valence-electron chi connectivity index (χ1n) is 7.31. The summed E-state index contributed by atoms with van der Waals surface area (Å²) >= 11 is 0. The lowest BCUT2D eigenvalue weighted by Crippen LogP contribution is -2.05. The molecule has 1 aromatic heterocycles. The predicted octanol–water partition coefficient (Wildman–Crippen LogP) is 4.29. The van der Waals surface area contributed by atoms with E-state index in [1.807, 2.05) is 18.2 Å². The van der Waals surface area contributed by atoms with Crippen molar-refractivity contribution >= 4 is 11.6 Å². The summed E-state index contributed by atoms with van der Waals surface area (Å²) in [5.74, 6) is 1.92. The number of nitrogens with one attached hydrogen (secondary N) is 2. The molecular weight excluding hydrogens is 222 g/mol. The van der Waals surface area contributed by atoms with Crippen LogP contribution in [0.3, 0.4) is 0 Å². The van der Waals surface area contributed by atoms with Gasteiger partial charge in [-0.15, -0.1) is 0 Å². The molecule has 1 aromatic rings. The van der Waals surface area contributed by atoms with E-state index < -0.39 is 0 Å². The summed E-state index contributed by atoms with van der Waals surface area (Å²) in [7, 11) is 0. The Morgan fingerprint density at radius 2 is 1.56 bits per heavy atom. The molecule has 0 atom stereocenters. The predicted molar refractivity (Wildman–Crippen MR) is 80.3 cm³/mol. The van der Waals surface area contributed by atoms with E-state index in [0.29, 0.717) is 0 Å². The van der Waals surface area contributed by atoms with E-state index in [-0.39, 0.29) is 0 Å². The fraction of sp³-hybridized carbons (Fsp3) is 0.667. The van der Waals surface area contributed by atoms with Crippen molar-refractivity contribution < 1.29 is 0 Å². The summed E-state index contributed by atoms with van der Waals surface area (Å²) in [5.41, 5.74) is 0. The van der Waals surface area contributed by atoms with E-state index in [2.05, 4.69) is 29.5 Å². The molecule has 18 heavy (non-hydrogen) atoms. The molecule has 0 bridgehead atoms. The summed E-state index contributed by atoms with van der Waals surface area (Å²) in [5, 5.41) is 6.60. The summed E-state index contributed by atoms with van der Waals surface area (Å²) in [4.78, 5) is 4.49. The second kappa shape index (κ2) is 9.75. The summed E-state index contributed by atoms with van der Waals surface area (Å²) in [6.45, 7) is 6.27. The molecule has 3 heteroatoms. The lowest BCUT2D eigenvalue weighted by atomic mass is 10.1. The fourth-order valence-corrected chi connectivity index (χ4v) is 1.93. The van der Waals surface area contributed by atoms with Crippen LogP contribution in [0.1, 0.15) is 52.4 Å². The molecule has 0 radical (unpaired) electrons. The highest BCUT2D eigenvalue weighted by Crippen LogP contribution is 2.10. The van der Waals surface area contributed by atoms with Crippen molar-refractivity contribution in [1.82, 2.24) is 4.98 Å². The van der Waals surface area contributed by atoms with Gasteiger partial charge in [0.05, 0.1) is 0 Å². The zero-order chi connectivity index (χ0) is 13.1. The molecule has 102 valence electrons. The molecule has 0 spiro atoms. The Hall–Kier alpha value is -1.25. The van der Waals surface area contributed by atoms with Crippen molar-refractivity contribution in [1.29, 1.82) is 0 Å². The van der Waals surface area contributed by atoms with Crippen LogP contribution in [0.4, 0.5) is 11.6 Å². The molecule has 0 saturated carbocycles. The molecule has 0 aliphatic rings. The molecule has 0 fully saturated rings. The van der Waals surface area contributed by atoms with Crippen LogP contribution in [0.5, 0.6) is 0 Å². The molecular formula is C15H27N3. The van der Waals surface area contributed by atoms with Crippen molar-refractivity contribution in [3.8, 4) is 0 Å². The zero-order valence-corrected chi connectivity index (χ0v) is 11.8. The first kappa shape index (κ1) is 14.8. The Morgan fingerprint density at radius 3 is 2.28 bits per heavy atom. The highest BCUT2D eigenvalue weighted by atomic mass is 15.1. The van der Waals surface area contributed by atoms with Gasteiger partial charge in [0, 0.05) is 13.1 Å². The molecule has 1 heterocycles. The first-order valence-corrected chi connectivity index (χ1v) is 7.31. The zero-order valence-electron chi connectivity index (χ0n) is 11.8. The highest BCUT2D eigenvalue weighted by Gasteiger charge is 1.96. The van der Waals surface area contributed by atoms with Gasteiger partial charge in [-0.05, 0) is 25.5 Å². The molecule has 0 aromatic carbocycles. The van der Waals surface area contributed by atoms with Gasteiger partial charge in [0.25, 0.3) is 0 Å². The maximum atomic E-state index is 4.49. The third-order valence-corrected chi connectivity index (χ3v) is 2.94. The van der Waals surface area contributed by atoms with Crippen LogP contribution >= 0.6 is 0 Å². The number of aromatic nitrogens is 1. The number of rotatable bonds is 10. The lowest BCUT2D eigenvalue weighted by Gasteiger charge is -2.08. The monoisotopic (exact) mass is 249 g/mol. The number of hydrogen-bond acceptors (Lipinski definition) is 3. The van der Waals surface area contributed by atoms with Crippen LogP contribution in [0.2, 0.25) is 0 Å². The van der Waals surface area contributed by atoms with Gasteiger partial charge < -0.3 is 10.6 Å². The quantitative estimate of drug-likeness (QED) is 0.607. The molecule has 2 N–H and O–H groups in total. The van der Waals surface area contributed by atoms with E-state index >= 15 is 0 Å². The van der Waals surface area contributed by atoms with Gasteiger partial charge in [-0.25, -0.2) is 4.98 Å². The normalized spacial score (nSPS) is 10.3. The Kier molecular flexibility index (Phi) is 8.02. The van der Waals surface area contributed by atoms with Gasteiger partial charge in [-0.2, -0.15) is 0 Å². The molecule has 0 unspecified atom stereocenters. The molecule has 1 rings (SSSR count). The molecule has 0 aliphatic heterocycles. The molecule has 0 saturated heterocycles. The second-order valence-corrected chi connectivity index (χ2v) is 4.63. The first-order chi connectivity index (χ1) is 8.86. The van der Waals surface area contributed by atoms with E-state index in [4.69, 9.17) is 0 Å². The lowest BCUT2D eigenvalue weighted by molar-refractivity contribution is 0.617. The SMILES string of the molecule is CCCCCCCCNc1cccc(NCC)n1. The maximum Gasteiger partial charge on any atom is 0.128 e. The summed E-state index contributed by atoms with van der Waals surface area (Å²) in [6.07, 6.45) is 7.99. The Labute approximate surface area is 111 Å². The van der Waals surface area contributed by atoms with Gasteiger partial charge in [-0.3, -0.25) is 0 Å². The van der Waals surface area contributed by atoms with Gasteiger partial charge >= 0.3 is 0 Å². The van der Waals surface area contributed by atoms with E-state index in [0.717, 1.165) is 24.7 Å².